The maximum Gasteiger partial charge on any atom is 0.199 e. The average Bonchev–Trinajstić information content (AvgIpc) is 2.53. The molecule has 0 saturated carbocycles. The molecular formula is C17H15FO3. The Kier molecular flexibility index (Phi) is 3.60. The van der Waals surface area contributed by atoms with Crippen molar-refractivity contribution >= 4 is 5.78 Å². The molecule has 0 fully saturated rings. The zero-order valence-electron chi connectivity index (χ0n) is 11.7. The van der Waals surface area contributed by atoms with Gasteiger partial charge in [0.2, 0.25) is 0 Å². The maximum atomic E-state index is 14.0. The molecule has 0 N–H and O–H groups in total. The zero-order valence-corrected chi connectivity index (χ0v) is 11.7. The van der Waals surface area contributed by atoms with E-state index in [1.165, 1.54) is 19.2 Å². The van der Waals surface area contributed by atoms with E-state index in [0.29, 0.717) is 12.2 Å². The van der Waals surface area contributed by atoms with E-state index >= 15 is 0 Å². The van der Waals surface area contributed by atoms with Crippen LogP contribution in [-0.4, -0.2) is 19.5 Å². The van der Waals surface area contributed by atoms with Crippen LogP contribution in [0.4, 0.5) is 4.39 Å². The molecule has 0 amide bonds. The average molecular weight is 286 g/mol. The minimum Gasteiger partial charge on any atom is -0.496 e. The summed E-state index contributed by atoms with van der Waals surface area (Å²) in [5.41, 5.74) is 1.40. The number of carbonyl (C=O) groups excluding carboxylic acids is 1. The van der Waals surface area contributed by atoms with Crippen LogP contribution in [0.3, 0.4) is 0 Å². The Hall–Kier alpha value is -2.36. The number of carbonyl (C=O) groups is 1. The molecule has 0 aromatic heterocycles. The predicted molar refractivity (Wildman–Crippen MR) is 76.6 cm³/mol. The Bertz CT molecular complexity index is 694. The van der Waals surface area contributed by atoms with E-state index in [-0.39, 0.29) is 17.1 Å². The summed E-state index contributed by atoms with van der Waals surface area (Å²) in [5, 5.41) is 0. The molecule has 0 aliphatic carbocycles. The zero-order chi connectivity index (χ0) is 14.8. The third-order valence-corrected chi connectivity index (χ3v) is 3.59. The Morgan fingerprint density at radius 1 is 1.29 bits per heavy atom. The number of ether oxygens (including phenoxy) is 2. The monoisotopic (exact) mass is 286 g/mol. The van der Waals surface area contributed by atoms with Crippen molar-refractivity contribution in [1.82, 2.24) is 0 Å². The first-order valence-corrected chi connectivity index (χ1v) is 6.83. The second kappa shape index (κ2) is 5.56. The lowest BCUT2D eigenvalue weighted by Gasteiger charge is -2.18. The van der Waals surface area contributed by atoms with Crippen LogP contribution in [0.5, 0.6) is 11.5 Å². The minimum atomic E-state index is -0.576. The van der Waals surface area contributed by atoms with Crippen LogP contribution in [0.2, 0.25) is 0 Å². The Morgan fingerprint density at radius 3 is 2.95 bits per heavy atom. The van der Waals surface area contributed by atoms with E-state index in [9.17, 15) is 9.18 Å². The van der Waals surface area contributed by atoms with Crippen molar-refractivity contribution in [3.63, 3.8) is 0 Å². The molecule has 108 valence electrons. The molecule has 1 heterocycles. The number of methoxy groups -OCH3 is 1. The van der Waals surface area contributed by atoms with Gasteiger partial charge in [-0.05, 0) is 48.7 Å². The van der Waals surface area contributed by atoms with Crippen molar-refractivity contribution in [2.45, 2.75) is 12.8 Å². The molecule has 1 aliphatic rings. The lowest BCUT2D eigenvalue weighted by molar-refractivity contribution is 0.103. The standard InChI is InChI=1S/C17H15FO3/c1-20-15-6-2-5-13(18)16(15)17(19)12-7-8-14-11(10-12)4-3-9-21-14/h2,5-8,10H,3-4,9H2,1H3. The van der Waals surface area contributed by atoms with Gasteiger partial charge in [0.15, 0.2) is 5.78 Å². The highest BCUT2D eigenvalue weighted by molar-refractivity contribution is 6.11. The van der Waals surface area contributed by atoms with Crippen LogP contribution in [0.25, 0.3) is 0 Å². The molecule has 0 saturated heterocycles. The molecule has 21 heavy (non-hydrogen) atoms. The van der Waals surface area contributed by atoms with Crippen LogP contribution >= 0.6 is 0 Å². The van der Waals surface area contributed by atoms with Crippen molar-refractivity contribution in [2.24, 2.45) is 0 Å². The molecule has 0 atom stereocenters. The van der Waals surface area contributed by atoms with E-state index in [0.717, 1.165) is 24.2 Å². The van der Waals surface area contributed by atoms with Crippen molar-refractivity contribution < 1.29 is 18.7 Å². The van der Waals surface area contributed by atoms with E-state index in [2.05, 4.69) is 0 Å². The van der Waals surface area contributed by atoms with Gasteiger partial charge in [-0.3, -0.25) is 4.79 Å². The minimum absolute atomic E-state index is 0.0309. The van der Waals surface area contributed by atoms with Gasteiger partial charge in [-0.1, -0.05) is 6.07 Å². The van der Waals surface area contributed by atoms with Crippen molar-refractivity contribution in [2.75, 3.05) is 13.7 Å². The quantitative estimate of drug-likeness (QED) is 0.811. The van der Waals surface area contributed by atoms with Gasteiger partial charge in [0.1, 0.15) is 22.9 Å². The van der Waals surface area contributed by atoms with Gasteiger partial charge in [-0.25, -0.2) is 4.39 Å². The number of ketones is 1. The maximum absolute atomic E-state index is 14.0. The molecule has 3 rings (SSSR count). The first-order chi connectivity index (χ1) is 10.2. The topological polar surface area (TPSA) is 35.5 Å². The van der Waals surface area contributed by atoms with Gasteiger partial charge >= 0.3 is 0 Å². The predicted octanol–water partition coefficient (Wildman–Crippen LogP) is 3.39. The van der Waals surface area contributed by atoms with Crippen LogP contribution < -0.4 is 9.47 Å². The highest BCUT2D eigenvalue weighted by Crippen LogP contribution is 2.29. The van der Waals surface area contributed by atoms with Crippen LogP contribution in [0.1, 0.15) is 27.9 Å². The summed E-state index contributed by atoms with van der Waals surface area (Å²) in [5.74, 6) is 0.0962. The molecule has 0 unspecified atom stereocenters. The first kappa shape index (κ1) is 13.6. The second-order valence-corrected chi connectivity index (χ2v) is 4.92. The van der Waals surface area contributed by atoms with Gasteiger partial charge in [-0.2, -0.15) is 0 Å². The third-order valence-electron chi connectivity index (χ3n) is 3.59. The van der Waals surface area contributed by atoms with E-state index in [1.807, 2.05) is 0 Å². The molecule has 0 spiro atoms. The molecule has 2 aromatic rings. The Balaban J connectivity index is 2.03. The summed E-state index contributed by atoms with van der Waals surface area (Å²) in [6.07, 6.45) is 1.79. The molecule has 0 radical (unpaired) electrons. The highest BCUT2D eigenvalue weighted by atomic mass is 19.1. The first-order valence-electron chi connectivity index (χ1n) is 6.83. The van der Waals surface area contributed by atoms with Crippen molar-refractivity contribution in [3.8, 4) is 11.5 Å². The second-order valence-electron chi connectivity index (χ2n) is 4.92. The summed E-state index contributed by atoms with van der Waals surface area (Å²) >= 11 is 0. The normalized spacial score (nSPS) is 13.2. The highest BCUT2D eigenvalue weighted by Gasteiger charge is 2.21. The number of aryl methyl sites for hydroxylation is 1. The number of rotatable bonds is 3. The SMILES string of the molecule is COc1cccc(F)c1C(=O)c1ccc2c(c1)CCCO2. The summed E-state index contributed by atoms with van der Waals surface area (Å²) < 4.78 is 24.6. The number of hydrogen-bond acceptors (Lipinski definition) is 3. The molecule has 0 bridgehead atoms. The summed E-state index contributed by atoms with van der Waals surface area (Å²) in [6, 6.07) is 9.58. The molecular weight excluding hydrogens is 271 g/mol. The lowest BCUT2D eigenvalue weighted by Crippen LogP contribution is -2.11. The van der Waals surface area contributed by atoms with Gasteiger partial charge in [0.05, 0.1) is 13.7 Å². The fourth-order valence-electron chi connectivity index (χ4n) is 2.54. The fraction of sp³-hybridized carbons (Fsp3) is 0.235. The Morgan fingerprint density at radius 2 is 2.14 bits per heavy atom. The summed E-state index contributed by atoms with van der Waals surface area (Å²) in [6.45, 7) is 0.696. The van der Waals surface area contributed by atoms with E-state index in [1.54, 1.807) is 24.3 Å². The molecule has 2 aromatic carbocycles. The summed E-state index contributed by atoms with van der Waals surface area (Å²) in [7, 11) is 1.42. The van der Waals surface area contributed by atoms with E-state index < -0.39 is 5.82 Å². The smallest absolute Gasteiger partial charge is 0.199 e. The summed E-state index contributed by atoms with van der Waals surface area (Å²) in [4.78, 5) is 12.6. The third kappa shape index (κ3) is 2.49. The van der Waals surface area contributed by atoms with Gasteiger partial charge in [0, 0.05) is 5.56 Å². The molecule has 1 aliphatic heterocycles. The van der Waals surface area contributed by atoms with E-state index in [4.69, 9.17) is 9.47 Å². The van der Waals surface area contributed by atoms with Crippen LogP contribution in [0, 0.1) is 5.82 Å². The van der Waals surface area contributed by atoms with Crippen molar-refractivity contribution in [1.29, 1.82) is 0 Å². The lowest BCUT2D eigenvalue weighted by atomic mass is 9.97. The van der Waals surface area contributed by atoms with Gasteiger partial charge in [0.25, 0.3) is 0 Å². The molecule has 3 nitrogen and oxygen atoms in total. The largest absolute Gasteiger partial charge is 0.496 e. The van der Waals surface area contributed by atoms with Crippen molar-refractivity contribution in [3.05, 3.63) is 58.9 Å². The fourth-order valence-corrected chi connectivity index (χ4v) is 2.54. The Labute approximate surface area is 122 Å². The molecule has 4 heteroatoms. The number of halogens is 1. The van der Waals surface area contributed by atoms with Crippen LogP contribution in [-0.2, 0) is 6.42 Å². The van der Waals surface area contributed by atoms with Crippen LogP contribution in [0.15, 0.2) is 36.4 Å². The van der Waals surface area contributed by atoms with Gasteiger partial charge < -0.3 is 9.47 Å². The number of benzene rings is 2. The number of fused-ring (bicyclic) bond motifs is 1. The van der Waals surface area contributed by atoms with Gasteiger partial charge in [-0.15, -0.1) is 0 Å². The number of hydrogen-bond donors (Lipinski definition) is 0.